The molecule has 0 aromatic heterocycles. The van der Waals surface area contributed by atoms with E-state index in [1.165, 1.54) is 14.0 Å². The first kappa shape index (κ1) is 16.5. The summed E-state index contributed by atoms with van der Waals surface area (Å²) in [6.07, 6.45) is 0.165. The molecule has 0 aliphatic carbocycles. The zero-order chi connectivity index (χ0) is 15.8. The standard InChI is InChI=1S/C14H19N3O4/c1-9(12(18)15-2)16-14(21)17-11(13(19)20)8-10-6-4-3-5-7-10/h3-7,9,11H,8H2,1-2H3,(H,15,18)(H,19,20)(H2,16,17,21)/t9?,11-/m0/s1. The van der Waals surface area contributed by atoms with Gasteiger partial charge in [0, 0.05) is 13.5 Å². The average Bonchev–Trinajstić information content (AvgIpc) is 2.46. The van der Waals surface area contributed by atoms with Gasteiger partial charge >= 0.3 is 12.0 Å². The Morgan fingerprint density at radius 2 is 1.76 bits per heavy atom. The zero-order valence-corrected chi connectivity index (χ0v) is 11.9. The fourth-order valence-corrected chi connectivity index (χ4v) is 1.73. The predicted octanol–water partition coefficient (Wildman–Crippen LogP) is 0.116. The molecule has 1 unspecified atom stereocenters. The summed E-state index contributed by atoms with van der Waals surface area (Å²) in [5, 5.41) is 16.3. The molecule has 1 rings (SSSR count). The van der Waals surface area contributed by atoms with Crippen molar-refractivity contribution < 1.29 is 19.5 Å². The Labute approximate surface area is 122 Å². The molecule has 0 aliphatic heterocycles. The fraction of sp³-hybridized carbons (Fsp3) is 0.357. The molecular formula is C14H19N3O4. The number of carbonyl (C=O) groups is 3. The monoisotopic (exact) mass is 293 g/mol. The Balaban J connectivity index is 2.60. The minimum absolute atomic E-state index is 0.165. The third kappa shape index (κ3) is 5.52. The van der Waals surface area contributed by atoms with Crippen LogP contribution in [0.15, 0.2) is 30.3 Å². The van der Waals surface area contributed by atoms with Crippen LogP contribution < -0.4 is 16.0 Å². The lowest BCUT2D eigenvalue weighted by Crippen LogP contribution is -2.52. The molecule has 1 aromatic carbocycles. The van der Waals surface area contributed by atoms with Crippen molar-refractivity contribution in [2.45, 2.75) is 25.4 Å². The fourth-order valence-electron chi connectivity index (χ4n) is 1.73. The number of carboxylic acids is 1. The molecule has 0 heterocycles. The Hall–Kier alpha value is -2.57. The summed E-state index contributed by atoms with van der Waals surface area (Å²) in [7, 11) is 1.45. The Morgan fingerprint density at radius 3 is 2.29 bits per heavy atom. The van der Waals surface area contributed by atoms with E-state index in [0.29, 0.717) is 0 Å². The number of benzene rings is 1. The van der Waals surface area contributed by atoms with E-state index in [9.17, 15) is 14.4 Å². The molecule has 114 valence electrons. The highest BCUT2D eigenvalue weighted by atomic mass is 16.4. The summed E-state index contributed by atoms with van der Waals surface area (Å²) in [4.78, 5) is 34.2. The molecule has 2 atom stereocenters. The zero-order valence-electron chi connectivity index (χ0n) is 11.9. The molecule has 0 bridgehead atoms. The number of hydrogen-bond acceptors (Lipinski definition) is 3. The minimum atomic E-state index is -1.14. The van der Waals surface area contributed by atoms with E-state index < -0.39 is 24.1 Å². The summed E-state index contributed by atoms with van der Waals surface area (Å²) >= 11 is 0. The van der Waals surface area contributed by atoms with Crippen molar-refractivity contribution in [2.75, 3.05) is 7.05 Å². The molecule has 0 radical (unpaired) electrons. The highest BCUT2D eigenvalue weighted by molar-refractivity contribution is 5.88. The molecule has 0 aliphatic rings. The number of carbonyl (C=O) groups excluding carboxylic acids is 2. The molecule has 0 fully saturated rings. The van der Waals surface area contributed by atoms with Crippen molar-refractivity contribution in [3.05, 3.63) is 35.9 Å². The highest BCUT2D eigenvalue weighted by Gasteiger charge is 2.22. The quantitative estimate of drug-likeness (QED) is 0.597. The Kier molecular flexibility index (Phi) is 6.19. The van der Waals surface area contributed by atoms with Crippen molar-refractivity contribution in [1.82, 2.24) is 16.0 Å². The van der Waals surface area contributed by atoms with E-state index in [2.05, 4.69) is 16.0 Å². The van der Waals surface area contributed by atoms with Gasteiger partial charge in [0.25, 0.3) is 0 Å². The lowest BCUT2D eigenvalue weighted by molar-refractivity contribution is -0.139. The van der Waals surface area contributed by atoms with E-state index in [4.69, 9.17) is 5.11 Å². The van der Waals surface area contributed by atoms with Gasteiger partial charge in [-0.05, 0) is 12.5 Å². The van der Waals surface area contributed by atoms with E-state index in [-0.39, 0.29) is 12.3 Å². The Bertz CT molecular complexity index is 504. The van der Waals surface area contributed by atoms with Gasteiger partial charge in [0.05, 0.1) is 0 Å². The molecule has 21 heavy (non-hydrogen) atoms. The third-order valence-electron chi connectivity index (χ3n) is 2.87. The second-order valence-electron chi connectivity index (χ2n) is 4.53. The lowest BCUT2D eigenvalue weighted by Gasteiger charge is -2.17. The molecule has 7 nitrogen and oxygen atoms in total. The second kappa shape index (κ2) is 7.88. The van der Waals surface area contributed by atoms with Crippen LogP contribution in [-0.4, -0.2) is 42.1 Å². The van der Waals surface area contributed by atoms with Gasteiger partial charge in [0.15, 0.2) is 0 Å². The molecule has 0 saturated heterocycles. The van der Waals surface area contributed by atoms with Crippen molar-refractivity contribution in [1.29, 1.82) is 0 Å². The number of hydrogen-bond donors (Lipinski definition) is 4. The first-order valence-corrected chi connectivity index (χ1v) is 6.49. The molecule has 0 spiro atoms. The molecule has 0 saturated carbocycles. The SMILES string of the molecule is CNC(=O)C(C)NC(=O)N[C@@H](Cc1ccccc1)C(=O)O. The van der Waals surface area contributed by atoms with Crippen molar-refractivity contribution in [2.24, 2.45) is 0 Å². The van der Waals surface area contributed by atoms with Crippen molar-refractivity contribution in [3.63, 3.8) is 0 Å². The average molecular weight is 293 g/mol. The highest BCUT2D eigenvalue weighted by Crippen LogP contribution is 2.03. The van der Waals surface area contributed by atoms with Gasteiger partial charge < -0.3 is 21.1 Å². The molecule has 1 aromatic rings. The van der Waals surface area contributed by atoms with Crippen molar-refractivity contribution >= 4 is 17.9 Å². The van der Waals surface area contributed by atoms with E-state index in [1.807, 2.05) is 6.07 Å². The van der Waals surface area contributed by atoms with Crippen LogP contribution in [0.5, 0.6) is 0 Å². The Morgan fingerprint density at radius 1 is 1.14 bits per heavy atom. The van der Waals surface area contributed by atoms with Gasteiger partial charge in [-0.15, -0.1) is 0 Å². The maximum absolute atomic E-state index is 11.7. The van der Waals surface area contributed by atoms with Gasteiger partial charge in [-0.25, -0.2) is 9.59 Å². The number of rotatable bonds is 6. The van der Waals surface area contributed by atoms with E-state index in [1.54, 1.807) is 24.3 Å². The number of aliphatic carboxylic acids is 1. The number of carboxylic acid groups (broad SMARTS) is 1. The molecule has 3 amide bonds. The summed E-state index contributed by atoms with van der Waals surface area (Å²) < 4.78 is 0. The molecule has 7 heteroatoms. The maximum Gasteiger partial charge on any atom is 0.326 e. The van der Waals surface area contributed by atoms with E-state index >= 15 is 0 Å². The number of nitrogens with one attached hydrogen (secondary N) is 3. The summed E-state index contributed by atoms with van der Waals surface area (Å²) in [5.41, 5.74) is 0.796. The number of amides is 3. The third-order valence-corrected chi connectivity index (χ3v) is 2.87. The normalized spacial score (nSPS) is 12.9. The minimum Gasteiger partial charge on any atom is -0.480 e. The number of urea groups is 1. The first-order chi connectivity index (χ1) is 9.93. The summed E-state index contributed by atoms with van der Waals surface area (Å²) in [6, 6.07) is 6.46. The van der Waals surface area contributed by atoms with Crippen LogP contribution in [0, 0.1) is 0 Å². The maximum atomic E-state index is 11.7. The lowest BCUT2D eigenvalue weighted by atomic mass is 10.1. The topological polar surface area (TPSA) is 108 Å². The van der Waals surface area contributed by atoms with Crippen LogP contribution >= 0.6 is 0 Å². The summed E-state index contributed by atoms with van der Waals surface area (Å²) in [5.74, 6) is -1.50. The largest absolute Gasteiger partial charge is 0.480 e. The molecule has 4 N–H and O–H groups in total. The van der Waals surface area contributed by atoms with Crippen molar-refractivity contribution in [3.8, 4) is 0 Å². The van der Waals surface area contributed by atoms with Crippen LogP contribution in [0.25, 0.3) is 0 Å². The van der Waals surface area contributed by atoms with Gasteiger partial charge in [0.2, 0.25) is 5.91 Å². The van der Waals surface area contributed by atoms with Crippen LogP contribution in [-0.2, 0) is 16.0 Å². The van der Waals surface area contributed by atoms with Gasteiger partial charge in [-0.3, -0.25) is 4.79 Å². The number of likely N-dealkylation sites (N-methyl/N-ethyl adjacent to an activating group) is 1. The van der Waals surface area contributed by atoms with Gasteiger partial charge in [0.1, 0.15) is 12.1 Å². The molecular weight excluding hydrogens is 274 g/mol. The van der Waals surface area contributed by atoms with Crippen LogP contribution in [0.1, 0.15) is 12.5 Å². The van der Waals surface area contributed by atoms with Crippen LogP contribution in [0.2, 0.25) is 0 Å². The van der Waals surface area contributed by atoms with Crippen LogP contribution in [0.3, 0.4) is 0 Å². The first-order valence-electron chi connectivity index (χ1n) is 6.49. The van der Waals surface area contributed by atoms with E-state index in [0.717, 1.165) is 5.56 Å². The smallest absolute Gasteiger partial charge is 0.326 e. The predicted molar refractivity (Wildman–Crippen MR) is 76.8 cm³/mol. The van der Waals surface area contributed by atoms with Gasteiger partial charge in [-0.2, -0.15) is 0 Å². The van der Waals surface area contributed by atoms with Crippen LogP contribution in [0.4, 0.5) is 4.79 Å². The second-order valence-corrected chi connectivity index (χ2v) is 4.53. The van der Waals surface area contributed by atoms with Gasteiger partial charge in [-0.1, -0.05) is 30.3 Å². The summed E-state index contributed by atoms with van der Waals surface area (Å²) in [6.45, 7) is 1.51.